The van der Waals surface area contributed by atoms with E-state index >= 15 is 0 Å². The molecule has 0 N–H and O–H groups in total. The average molecular weight is 277 g/mol. The zero-order valence-corrected chi connectivity index (χ0v) is 10.3. The van der Waals surface area contributed by atoms with Gasteiger partial charge in [0.05, 0.1) is 11.6 Å². The van der Waals surface area contributed by atoms with Crippen molar-refractivity contribution in [1.29, 1.82) is 5.26 Å². The number of alkyl halides is 3. The Morgan fingerprint density at radius 3 is 1.85 bits per heavy atom. The molecule has 0 unspecified atom stereocenters. The van der Waals surface area contributed by atoms with Crippen LogP contribution in [0.25, 0.3) is 11.1 Å². The molecule has 0 bridgehead atoms. The average Bonchev–Trinajstić information content (AvgIpc) is 2.45. The van der Waals surface area contributed by atoms with Gasteiger partial charge in [-0.3, -0.25) is 0 Å². The van der Waals surface area contributed by atoms with Crippen LogP contribution in [0, 0.1) is 11.3 Å². The highest BCUT2D eigenvalue weighted by atomic mass is 19.4. The summed E-state index contributed by atoms with van der Waals surface area (Å²) < 4.78 is 40.6. The van der Waals surface area contributed by atoms with Gasteiger partial charge >= 0.3 is 6.18 Å². The second kappa shape index (κ2) is 5.66. The van der Waals surface area contributed by atoms with E-state index in [0.717, 1.165) is 11.1 Å². The van der Waals surface area contributed by atoms with Gasteiger partial charge < -0.3 is 4.74 Å². The predicted octanol–water partition coefficient (Wildman–Crippen LogP) is 4.17. The van der Waals surface area contributed by atoms with E-state index in [0.29, 0.717) is 5.56 Å². The fourth-order valence-electron chi connectivity index (χ4n) is 1.65. The first-order valence-electron chi connectivity index (χ1n) is 5.78. The Morgan fingerprint density at radius 1 is 0.900 bits per heavy atom. The van der Waals surface area contributed by atoms with Crippen molar-refractivity contribution >= 4 is 0 Å². The number of halogens is 3. The van der Waals surface area contributed by atoms with Gasteiger partial charge in [0.2, 0.25) is 0 Å². The second-order valence-electron chi connectivity index (χ2n) is 4.12. The number of nitriles is 1. The molecule has 0 saturated heterocycles. The monoisotopic (exact) mass is 277 g/mol. The van der Waals surface area contributed by atoms with Gasteiger partial charge in [0.15, 0.2) is 6.61 Å². The van der Waals surface area contributed by atoms with E-state index in [9.17, 15) is 13.2 Å². The van der Waals surface area contributed by atoms with Crippen LogP contribution in [0.5, 0.6) is 5.75 Å². The van der Waals surface area contributed by atoms with Crippen molar-refractivity contribution < 1.29 is 17.9 Å². The Bertz CT molecular complexity index is 610. The molecule has 2 aromatic carbocycles. The van der Waals surface area contributed by atoms with Crippen LogP contribution < -0.4 is 4.74 Å². The van der Waals surface area contributed by atoms with Crippen LogP contribution in [0.15, 0.2) is 48.5 Å². The van der Waals surface area contributed by atoms with Crippen molar-refractivity contribution in [2.24, 2.45) is 0 Å². The van der Waals surface area contributed by atoms with Crippen LogP contribution in [0.1, 0.15) is 5.56 Å². The molecule has 0 aliphatic carbocycles. The molecule has 0 saturated carbocycles. The molecule has 5 heteroatoms. The highest BCUT2D eigenvalue weighted by molar-refractivity contribution is 5.64. The number of ether oxygens (including phenoxy) is 1. The summed E-state index contributed by atoms with van der Waals surface area (Å²) in [6.45, 7) is -1.30. The van der Waals surface area contributed by atoms with Crippen molar-refractivity contribution in [3.8, 4) is 22.9 Å². The van der Waals surface area contributed by atoms with Gasteiger partial charge in [0.25, 0.3) is 0 Å². The molecule has 2 rings (SSSR count). The normalized spacial score (nSPS) is 10.9. The molecule has 0 fully saturated rings. The Balaban J connectivity index is 2.09. The lowest BCUT2D eigenvalue weighted by Gasteiger charge is -2.09. The predicted molar refractivity (Wildman–Crippen MR) is 68.1 cm³/mol. The second-order valence-corrected chi connectivity index (χ2v) is 4.12. The molecule has 2 aromatic rings. The summed E-state index contributed by atoms with van der Waals surface area (Å²) >= 11 is 0. The zero-order chi connectivity index (χ0) is 14.6. The molecule has 20 heavy (non-hydrogen) atoms. The molecule has 0 radical (unpaired) electrons. The molecular formula is C15H10F3NO. The molecule has 0 aliphatic heterocycles. The lowest BCUT2D eigenvalue weighted by atomic mass is 10.0. The van der Waals surface area contributed by atoms with E-state index in [2.05, 4.69) is 4.74 Å². The molecular weight excluding hydrogens is 267 g/mol. The van der Waals surface area contributed by atoms with Gasteiger partial charge in [-0.1, -0.05) is 24.3 Å². The van der Waals surface area contributed by atoms with Gasteiger partial charge in [-0.2, -0.15) is 18.4 Å². The fourth-order valence-corrected chi connectivity index (χ4v) is 1.65. The zero-order valence-electron chi connectivity index (χ0n) is 10.3. The van der Waals surface area contributed by atoms with E-state index in [1.165, 1.54) is 12.1 Å². The van der Waals surface area contributed by atoms with Crippen LogP contribution in [0.3, 0.4) is 0 Å². The maximum absolute atomic E-state index is 12.0. The minimum absolute atomic E-state index is 0.166. The molecule has 0 aromatic heterocycles. The Morgan fingerprint density at radius 2 is 1.40 bits per heavy atom. The first kappa shape index (κ1) is 13.9. The molecule has 102 valence electrons. The Labute approximate surface area is 114 Å². The first-order chi connectivity index (χ1) is 9.48. The largest absolute Gasteiger partial charge is 0.484 e. The molecule has 0 amide bonds. The van der Waals surface area contributed by atoms with Crippen LogP contribution >= 0.6 is 0 Å². The number of nitrogens with zero attached hydrogens (tertiary/aromatic N) is 1. The standard InChI is InChI=1S/C15H10F3NO/c16-15(17,18)10-20-14-7-5-13(6-8-14)12-3-1-11(9-19)2-4-12/h1-8H,10H2. The summed E-state index contributed by atoms with van der Waals surface area (Å²) in [7, 11) is 0. The summed E-state index contributed by atoms with van der Waals surface area (Å²) in [6, 6.07) is 15.3. The maximum atomic E-state index is 12.0. The van der Waals surface area contributed by atoms with Crippen LogP contribution in [-0.2, 0) is 0 Å². The summed E-state index contributed by atoms with van der Waals surface area (Å²) in [5.41, 5.74) is 2.28. The third-order valence-corrected chi connectivity index (χ3v) is 2.60. The van der Waals surface area contributed by atoms with E-state index in [-0.39, 0.29) is 5.75 Å². The fraction of sp³-hybridized carbons (Fsp3) is 0.133. The topological polar surface area (TPSA) is 33.0 Å². The number of benzene rings is 2. The minimum atomic E-state index is -4.34. The lowest BCUT2D eigenvalue weighted by Crippen LogP contribution is -2.19. The van der Waals surface area contributed by atoms with E-state index in [1.807, 2.05) is 6.07 Å². The van der Waals surface area contributed by atoms with Gasteiger partial charge in [-0.15, -0.1) is 0 Å². The first-order valence-corrected chi connectivity index (χ1v) is 5.78. The van der Waals surface area contributed by atoms with Crippen LogP contribution in [0.4, 0.5) is 13.2 Å². The number of hydrogen-bond acceptors (Lipinski definition) is 2. The highest BCUT2D eigenvalue weighted by Crippen LogP contribution is 2.24. The lowest BCUT2D eigenvalue weighted by molar-refractivity contribution is -0.153. The molecule has 2 nitrogen and oxygen atoms in total. The summed E-state index contributed by atoms with van der Waals surface area (Å²) in [4.78, 5) is 0. The van der Waals surface area contributed by atoms with Gasteiger partial charge in [0, 0.05) is 0 Å². The van der Waals surface area contributed by atoms with Gasteiger partial charge in [-0.25, -0.2) is 0 Å². The number of rotatable bonds is 3. The maximum Gasteiger partial charge on any atom is 0.422 e. The quantitative estimate of drug-likeness (QED) is 0.843. The smallest absolute Gasteiger partial charge is 0.422 e. The van der Waals surface area contributed by atoms with Gasteiger partial charge in [0.1, 0.15) is 5.75 Å². The molecule has 0 atom stereocenters. The minimum Gasteiger partial charge on any atom is -0.484 e. The van der Waals surface area contributed by atoms with Crippen LogP contribution in [0.2, 0.25) is 0 Å². The molecule has 0 spiro atoms. The molecule has 0 heterocycles. The van der Waals surface area contributed by atoms with E-state index in [1.54, 1.807) is 36.4 Å². The third kappa shape index (κ3) is 3.75. The summed E-state index contributed by atoms with van der Waals surface area (Å²) in [5, 5.41) is 8.70. The van der Waals surface area contributed by atoms with Crippen LogP contribution in [-0.4, -0.2) is 12.8 Å². The van der Waals surface area contributed by atoms with E-state index in [4.69, 9.17) is 5.26 Å². The van der Waals surface area contributed by atoms with Crippen molar-refractivity contribution in [1.82, 2.24) is 0 Å². The van der Waals surface area contributed by atoms with Crippen molar-refractivity contribution in [3.63, 3.8) is 0 Å². The molecule has 0 aliphatic rings. The summed E-state index contributed by atoms with van der Waals surface area (Å²) in [6.07, 6.45) is -4.34. The third-order valence-electron chi connectivity index (χ3n) is 2.60. The van der Waals surface area contributed by atoms with E-state index < -0.39 is 12.8 Å². The Hall–Kier alpha value is -2.48. The highest BCUT2D eigenvalue weighted by Gasteiger charge is 2.28. The van der Waals surface area contributed by atoms with Crippen molar-refractivity contribution in [2.75, 3.05) is 6.61 Å². The Kier molecular flexibility index (Phi) is 3.94. The number of hydrogen-bond donors (Lipinski definition) is 0. The van der Waals surface area contributed by atoms with Crippen molar-refractivity contribution in [3.05, 3.63) is 54.1 Å². The van der Waals surface area contributed by atoms with Crippen molar-refractivity contribution in [2.45, 2.75) is 6.18 Å². The van der Waals surface area contributed by atoms with Gasteiger partial charge in [-0.05, 0) is 35.4 Å². The SMILES string of the molecule is N#Cc1ccc(-c2ccc(OCC(F)(F)F)cc2)cc1. The summed E-state index contributed by atoms with van der Waals surface area (Å²) in [5.74, 6) is 0.166.